The van der Waals surface area contributed by atoms with Crippen LogP contribution in [0.3, 0.4) is 0 Å². The molecule has 0 bridgehead atoms. The number of carbonyl (C=O) groups is 1. The molecule has 0 fully saturated rings. The zero-order valence-electron chi connectivity index (χ0n) is 9.49. The van der Waals surface area contributed by atoms with Gasteiger partial charge in [-0.25, -0.2) is 0 Å². The highest BCUT2D eigenvalue weighted by Crippen LogP contribution is 2.27. The summed E-state index contributed by atoms with van der Waals surface area (Å²) in [4.78, 5) is 10.7. The van der Waals surface area contributed by atoms with E-state index in [4.69, 9.17) is 9.47 Å². The average molecular weight is 264 g/mol. The topological polar surface area (TPSA) is 44.8 Å². The van der Waals surface area contributed by atoms with Crippen molar-refractivity contribution in [3.63, 3.8) is 0 Å². The van der Waals surface area contributed by atoms with Crippen LogP contribution in [-0.4, -0.2) is 33.0 Å². The van der Waals surface area contributed by atoms with Gasteiger partial charge in [-0.1, -0.05) is 0 Å². The number of halogens is 3. The molecule has 18 heavy (non-hydrogen) atoms. The predicted octanol–water partition coefficient (Wildman–Crippen LogP) is 2.42. The van der Waals surface area contributed by atoms with E-state index in [1.807, 2.05) is 0 Å². The number of hydrogen-bond donors (Lipinski definition) is 0. The van der Waals surface area contributed by atoms with Crippen LogP contribution in [0.2, 0.25) is 0 Å². The molecule has 0 N–H and O–H groups in total. The molecule has 0 amide bonds. The van der Waals surface area contributed by atoms with E-state index in [1.165, 1.54) is 13.2 Å². The summed E-state index contributed by atoms with van der Waals surface area (Å²) in [6.45, 7) is 0.496. The third-order valence-electron chi connectivity index (χ3n) is 1.89. The molecule has 0 aliphatic heterocycles. The second kappa shape index (κ2) is 6.25. The van der Waals surface area contributed by atoms with Gasteiger partial charge >= 0.3 is 6.36 Å². The van der Waals surface area contributed by atoms with Crippen molar-refractivity contribution >= 4 is 6.29 Å². The van der Waals surface area contributed by atoms with Gasteiger partial charge in [-0.15, -0.1) is 13.2 Å². The normalized spacial score (nSPS) is 11.1. The van der Waals surface area contributed by atoms with Gasteiger partial charge in [-0.05, 0) is 18.2 Å². The van der Waals surface area contributed by atoms with Crippen LogP contribution in [0.15, 0.2) is 18.2 Å². The Bertz CT molecular complexity index is 404. The van der Waals surface area contributed by atoms with Gasteiger partial charge in [-0.3, -0.25) is 4.79 Å². The first-order valence-electron chi connectivity index (χ1n) is 4.93. The third-order valence-corrected chi connectivity index (χ3v) is 1.89. The summed E-state index contributed by atoms with van der Waals surface area (Å²) in [6.07, 6.45) is -4.40. The SMILES string of the molecule is COCCOc1ccc(OC(F)(F)F)cc1C=O. The van der Waals surface area contributed by atoms with Gasteiger partial charge in [-0.2, -0.15) is 0 Å². The van der Waals surface area contributed by atoms with Crippen LogP contribution in [0.5, 0.6) is 11.5 Å². The Morgan fingerprint density at radius 3 is 2.56 bits per heavy atom. The summed E-state index contributed by atoms with van der Waals surface area (Å²) in [5, 5.41) is 0. The number of rotatable bonds is 6. The van der Waals surface area contributed by atoms with Crippen molar-refractivity contribution in [3.8, 4) is 11.5 Å². The zero-order chi connectivity index (χ0) is 13.6. The van der Waals surface area contributed by atoms with Crippen LogP contribution in [-0.2, 0) is 4.74 Å². The van der Waals surface area contributed by atoms with Gasteiger partial charge in [0.2, 0.25) is 0 Å². The molecular weight excluding hydrogens is 253 g/mol. The van der Waals surface area contributed by atoms with Crippen molar-refractivity contribution in [2.45, 2.75) is 6.36 Å². The van der Waals surface area contributed by atoms with E-state index in [-0.39, 0.29) is 17.9 Å². The second-order valence-electron chi connectivity index (χ2n) is 3.21. The van der Waals surface area contributed by atoms with E-state index in [0.29, 0.717) is 12.9 Å². The molecule has 0 heterocycles. The summed E-state index contributed by atoms with van der Waals surface area (Å²) in [6, 6.07) is 3.27. The molecule has 0 spiro atoms. The van der Waals surface area contributed by atoms with Crippen LogP contribution in [0.25, 0.3) is 0 Å². The molecule has 0 saturated carbocycles. The number of methoxy groups -OCH3 is 1. The van der Waals surface area contributed by atoms with Crippen molar-refractivity contribution < 1.29 is 32.2 Å². The Labute approximate surface area is 101 Å². The van der Waals surface area contributed by atoms with Gasteiger partial charge < -0.3 is 14.2 Å². The largest absolute Gasteiger partial charge is 0.573 e. The minimum atomic E-state index is -4.79. The molecular formula is C11H11F3O4. The fraction of sp³-hybridized carbons (Fsp3) is 0.364. The number of benzene rings is 1. The monoisotopic (exact) mass is 264 g/mol. The predicted molar refractivity (Wildman–Crippen MR) is 55.9 cm³/mol. The van der Waals surface area contributed by atoms with Crippen LogP contribution in [0.1, 0.15) is 10.4 Å². The van der Waals surface area contributed by atoms with Crippen molar-refractivity contribution in [1.82, 2.24) is 0 Å². The molecule has 0 atom stereocenters. The highest BCUT2D eigenvalue weighted by molar-refractivity contribution is 5.80. The molecule has 0 aliphatic carbocycles. The van der Waals surface area contributed by atoms with E-state index in [1.54, 1.807) is 0 Å². The maximum absolute atomic E-state index is 12.0. The molecule has 7 heteroatoms. The Kier molecular flexibility index (Phi) is 4.96. The minimum absolute atomic E-state index is 0.0205. The fourth-order valence-electron chi connectivity index (χ4n) is 1.18. The standard InChI is InChI=1S/C11H11F3O4/c1-16-4-5-17-10-3-2-9(6-8(10)7-15)18-11(12,13)14/h2-3,6-7H,4-5H2,1H3. The van der Waals surface area contributed by atoms with Gasteiger partial charge in [0.15, 0.2) is 6.29 Å². The fourth-order valence-corrected chi connectivity index (χ4v) is 1.18. The molecule has 100 valence electrons. The first kappa shape index (κ1) is 14.3. The molecule has 1 aromatic rings. The lowest BCUT2D eigenvalue weighted by molar-refractivity contribution is -0.274. The van der Waals surface area contributed by atoms with E-state index in [2.05, 4.69) is 4.74 Å². The lowest BCUT2D eigenvalue weighted by Gasteiger charge is -2.12. The molecule has 4 nitrogen and oxygen atoms in total. The number of aldehydes is 1. The van der Waals surface area contributed by atoms with Crippen LogP contribution in [0.4, 0.5) is 13.2 Å². The Hall–Kier alpha value is -1.76. The van der Waals surface area contributed by atoms with Crippen molar-refractivity contribution in [3.05, 3.63) is 23.8 Å². The number of alkyl halides is 3. The lowest BCUT2D eigenvalue weighted by Crippen LogP contribution is -2.17. The number of carbonyl (C=O) groups excluding carboxylic acids is 1. The molecule has 0 saturated heterocycles. The summed E-state index contributed by atoms with van der Waals surface area (Å²) in [7, 11) is 1.48. The number of hydrogen-bond acceptors (Lipinski definition) is 4. The molecule has 0 radical (unpaired) electrons. The molecule has 0 unspecified atom stereocenters. The van der Waals surface area contributed by atoms with E-state index in [9.17, 15) is 18.0 Å². The minimum Gasteiger partial charge on any atom is -0.490 e. The first-order valence-corrected chi connectivity index (χ1v) is 4.93. The van der Waals surface area contributed by atoms with Crippen LogP contribution in [0, 0.1) is 0 Å². The summed E-state index contributed by atoms with van der Waals surface area (Å²) < 4.78 is 49.5. The first-order chi connectivity index (χ1) is 8.46. The summed E-state index contributed by atoms with van der Waals surface area (Å²) in [5.74, 6) is -0.291. The van der Waals surface area contributed by atoms with Gasteiger partial charge in [0.1, 0.15) is 18.1 Å². The lowest BCUT2D eigenvalue weighted by atomic mass is 10.2. The highest BCUT2D eigenvalue weighted by Gasteiger charge is 2.31. The van der Waals surface area contributed by atoms with E-state index < -0.39 is 12.1 Å². The quantitative estimate of drug-likeness (QED) is 0.584. The number of ether oxygens (including phenoxy) is 3. The maximum Gasteiger partial charge on any atom is 0.573 e. The zero-order valence-corrected chi connectivity index (χ0v) is 9.49. The van der Waals surface area contributed by atoms with Crippen LogP contribution >= 0.6 is 0 Å². The van der Waals surface area contributed by atoms with E-state index in [0.717, 1.165) is 12.1 Å². The molecule has 1 aromatic carbocycles. The van der Waals surface area contributed by atoms with Gasteiger partial charge in [0.05, 0.1) is 12.2 Å². The smallest absolute Gasteiger partial charge is 0.490 e. The van der Waals surface area contributed by atoms with Crippen LogP contribution < -0.4 is 9.47 Å². The Morgan fingerprint density at radius 2 is 2.00 bits per heavy atom. The maximum atomic E-state index is 12.0. The third kappa shape index (κ3) is 4.62. The summed E-state index contributed by atoms with van der Waals surface area (Å²) >= 11 is 0. The average Bonchev–Trinajstić information content (AvgIpc) is 2.29. The van der Waals surface area contributed by atoms with Gasteiger partial charge in [0, 0.05) is 7.11 Å². The molecule has 0 aliphatic rings. The molecule has 1 rings (SSSR count). The Morgan fingerprint density at radius 1 is 1.28 bits per heavy atom. The van der Waals surface area contributed by atoms with Crippen molar-refractivity contribution in [2.24, 2.45) is 0 Å². The highest BCUT2D eigenvalue weighted by atomic mass is 19.4. The second-order valence-corrected chi connectivity index (χ2v) is 3.21. The van der Waals surface area contributed by atoms with Crippen molar-refractivity contribution in [1.29, 1.82) is 0 Å². The Balaban J connectivity index is 2.79. The van der Waals surface area contributed by atoms with Crippen molar-refractivity contribution in [2.75, 3.05) is 20.3 Å². The molecule has 0 aromatic heterocycles. The summed E-state index contributed by atoms with van der Waals surface area (Å²) in [5.41, 5.74) is -0.0205. The van der Waals surface area contributed by atoms with Gasteiger partial charge in [0.25, 0.3) is 0 Å². The van der Waals surface area contributed by atoms with E-state index >= 15 is 0 Å².